The highest BCUT2D eigenvalue weighted by Crippen LogP contribution is 2.27. The Morgan fingerprint density at radius 2 is 1.94 bits per heavy atom. The summed E-state index contributed by atoms with van der Waals surface area (Å²) >= 11 is 5.62. The van der Waals surface area contributed by atoms with E-state index in [0.717, 1.165) is 30.3 Å². The van der Waals surface area contributed by atoms with Crippen LogP contribution in [0.3, 0.4) is 0 Å². The molecule has 202 valence electrons. The number of rotatable bonds is 15. The molecule has 2 rings (SSSR count). The lowest BCUT2D eigenvalue weighted by Crippen LogP contribution is -2.33. The number of hydrogen-bond acceptors (Lipinski definition) is 9. The molecule has 1 aromatic rings. The minimum atomic E-state index is -0.944. The summed E-state index contributed by atoms with van der Waals surface area (Å²) < 4.78 is 22.3. The van der Waals surface area contributed by atoms with Crippen molar-refractivity contribution in [3.05, 3.63) is 32.6 Å². The van der Waals surface area contributed by atoms with Crippen molar-refractivity contribution in [2.75, 3.05) is 52.1 Å². The van der Waals surface area contributed by atoms with Gasteiger partial charge < -0.3 is 34.5 Å². The second kappa shape index (κ2) is 17.1. The number of unbranched alkanes of at least 4 members (excludes halogenated alkanes) is 3. The molecule has 0 spiro atoms. The van der Waals surface area contributed by atoms with Gasteiger partial charge in [-0.3, -0.25) is 14.3 Å². The first-order chi connectivity index (χ1) is 17.5. The van der Waals surface area contributed by atoms with Crippen LogP contribution in [-0.4, -0.2) is 90.1 Å². The maximum absolute atomic E-state index is 12.1. The molecule has 1 aliphatic rings. The smallest absolute Gasteiger partial charge is 0.408 e. The second-order valence-corrected chi connectivity index (χ2v) is 8.33. The van der Waals surface area contributed by atoms with Gasteiger partial charge in [-0.15, -0.1) is 11.6 Å². The minimum Gasteiger partial charge on any atom is -0.436 e. The molecule has 2 unspecified atom stereocenters. The molecule has 0 bridgehead atoms. The van der Waals surface area contributed by atoms with Gasteiger partial charge in [0, 0.05) is 31.6 Å². The Hall–Kier alpha value is -2.40. The van der Waals surface area contributed by atoms with E-state index >= 15 is 0 Å². The number of carbonyl (C=O) groups excluding carboxylic acids is 1. The number of alkyl carbamates (subject to hydrolysis) is 1. The van der Waals surface area contributed by atoms with Crippen LogP contribution in [0, 0.1) is 11.8 Å². The molecule has 2 heterocycles. The monoisotopic (exact) mass is 531 g/mol. The van der Waals surface area contributed by atoms with E-state index in [4.69, 9.17) is 30.5 Å². The van der Waals surface area contributed by atoms with Crippen LogP contribution in [0.1, 0.15) is 43.9 Å². The van der Waals surface area contributed by atoms with E-state index in [2.05, 4.69) is 22.1 Å². The summed E-state index contributed by atoms with van der Waals surface area (Å²) in [6.07, 6.45) is 2.18. The fraction of sp³-hybridized carbons (Fsp3) is 0.696. The number of ether oxygens (including phenoxy) is 4. The van der Waals surface area contributed by atoms with Crippen molar-refractivity contribution >= 4 is 17.7 Å². The normalized spacial score (nSPS) is 19.0. The highest BCUT2D eigenvalue weighted by atomic mass is 35.5. The first-order valence-corrected chi connectivity index (χ1v) is 12.4. The van der Waals surface area contributed by atoms with Gasteiger partial charge in [0.15, 0.2) is 6.61 Å². The van der Waals surface area contributed by atoms with E-state index in [1.165, 1.54) is 6.20 Å². The van der Waals surface area contributed by atoms with Crippen LogP contribution < -0.4 is 16.6 Å². The van der Waals surface area contributed by atoms with Gasteiger partial charge in [-0.05, 0) is 12.8 Å². The predicted molar refractivity (Wildman–Crippen MR) is 130 cm³/mol. The zero-order valence-corrected chi connectivity index (χ0v) is 20.8. The van der Waals surface area contributed by atoms with Crippen molar-refractivity contribution in [3.8, 4) is 11.8 Å². The van der Waals surface area contributed by atoms with E-state index in [9.17, 15) is 24.6 Å². The quantitative estimate of drug-likeness (QED) is 0.139. The van der Waals surface area contributed by atoms with Crippen molar-refractivity contribution in [1.82, 2.24) is 14.9 Å². The van der Waals surface area contributed by atoms with E-state index in [0.29, 0.717) is 32.3 Å². The lowest BCUT2D eigenvalue weighted by atomic mass is 10.2. The molecule has 4 N–H and O–H groups in total. The molecule has 3 atom stereocenters. The number of aliphatic hydroxyl groups is 2. The maximum Gasteiger partial charge on any atom is 0.408 e. The summed E-state index contributed by atoms with van der Waals surface area (Å²) in [5, 5.41) is 21.6. The van der Waals surface area contributed by atoms with Crippen LogP contribution in [0.15, 0.2) is 15.8 Å². The van der Waals surface area contributed by atoms with Crippen molar-refractivity contribution in [3.63, 3.8) is 0 Å². The average Bonchev–Trinajstić information content (AvgIpc) is 3.23. The first-order valence-electron chi connectivity index (χ1n) is 11.9. The molecule has 0 aromatic carbocycles. The Balaban J connectivity index is 1.63. The number of H-pyrrole nitrogens is 1. The lowest BCUT2D eigenvalue weighted by Gasteiger charge is -2.14. The second-order valence-electron chi connectivity index (χ2n) is 7.96. The third kappa shape index (κ3) is 10.7. The molecule has 0 saturated carbocycles. The van der Waals surface area contributed by atoms with Crippen LogP contribution in [0.5, 0.6) is 0 Å². The molecule has 36 heavy (non-hydrogen) atoms. The summed E-state index contributed by atoms with van der Waals surface area (Å²) in [6.45, 7) is 1.45. The summed E-state index contributed by atoms with van der Waals surface area (Å²) in [4.78, 5) is 37.9. The van der Waals surface area contributed by atoms with E-state index in [1.807, 2.05) is 0 Å². The third-order valence-corrected chi connectivity index (χ3v) is 5.49. The van der Waals surface area contributed by atoms with E-state index < -0.39 is 42.4 Å². The van der Waals surface area contributed by atoms with Crippen molar-refractivity contribution in [2.45, 2.75) is 50.5 Å². The molecule has 1 amide bonds. The number of carbonyl (C=O) groups is 1. The van der Waals surface area contributed by atoms with Gasteiger partial charge in [-0.1, -0.05) is 24.7 Å². The number of amides is 1. The molecule has 0 aliphatic carbocycles. The Bertz CT molecular complexity index is 972. The summed E-state index contributed by atoms with van der Waals surface area (Å²) in [5.74, 6) is 5.77. The standard InChI is InChI=1S/C23H34ClN3O9/c24-7-3-1-2-4-9-33-12-13-34-11-8-25-23(32)35-10-5-6-17-15-27(22(31)26-21(17)30)20-14-18(29)19(16-28)36-20/h15,18-20,28-29H,1-4,7-14,16H2,(H,25,32)(H,26,30,31)/t18?,19?,20-/m1/s1. The Morgan fingerprint density at radius 3 is 2.67 bits per heavy atom. The maximum atomic E-state index is 12.1. The molecular formula is C23H34ClN3O9. The minimum absolute atomic E-state index is 0.0463. The van der Waals surface area contributed by atoms with Gasteiger partial charge in [-0.25, -0.2) is 9.59 Å². The Kier molecular flexibility index (Phi) is 14.2. The zero-order chi connectivity index (χ0) is 26.2. The highest BCUT2D eigenvalue weighted by Gasteiger charge is 2.35. The van der Waals surface area contributed by atoms with Gasteiger partial charge in [0.05, 0.1) is 32.5 Å². The number of halogens is 1. The summed E-state index contributed by atoms with van der Waals surface area (Å²) in [6, 6.07) is 0. The van der Waals surface area contributed by atoms with E-state index in [1.54, 1.807) is 0 Å². The Morgan fingerprint density at radius 1 is 1.19 bits per heavy atom. The predicted octanol–water partition coefficient (Wildman–Crippen LogP) is 0.0874. The number of alkyl halides is 1. The largest absolute Gasteiger partial charge is 0.436 e. The highest BCUT2D eigenvalue weighted by molar-refractivity contribution is 6.17. The summed E-state index contributed by atoms with van der Waals surface area (Å²) in [5.41, 5.74) is -1.49. The van der Waals surface area contributed by atoms with Crippen LogP contribution in [-0.2, 0) is 18.9 Å². The van der Waals surface area contributed by atoms with Gasteiger partial charge >= 0.3 is 11.8 Å². The number of nitrogens with one attached hydrogen (secondary N) is 2. The average molecular weight is 532 g/mol. The van der Waals surface area contributed by atoms with Crippen LogP contribution in [0.2, 0.25) is 0 Å². The van der Waals surface area contributed by atoms with Gasteiger partial charge in [0.25, 0.3) is 5.56 Å². The van der Waals surface area contributed by atoms with Gasteiger partial charge in [0.2, 0.25) is 0 Å². The molecular weight excluding hydrogens is 498 g/mol. The topological polar surface area (TPSA) is 161 Å². The summed E-state index contributed by atoms with van der Waals surface area (Å²) in [7, 11) is 0. The number of nitrogens with zero attached hydrogens (tertiary/aromatic N) is 1. The molecule has 1 aromatic heterocycles. The van der Waals surface area contributed by atoms with Gasteiger partial charge in [0.1, 0.15) is 17.9 Å². The molecule has 12 nitrogen and oxygen atoms in total. The first kappa shape index (κ1) is 29.8. The van der Waals surface area contributed by atoms with E-state index in [-0.39, 0.29) is 25.1 Å². The fourth-order valence-electron chi connectivity index (χ4n) is 3.32. The van der Waals surface area contributed by atoms with Crippen LogP contribution >= 0.6 is 11.6 Å². The van der Waals surface area contributed by atoms with Crippen LogP contribution in [0.4, 0.5) is 4.79 Å². The fourth-order valence-corrected chi connectivity index (χ4v) is 3.51. The third-order valence-electron chi connectivity index (χ3n) is 5.22. The number of aromatic nitrogens is 2. The molecule has 1 saturated heterocycles. The molecule has 1 aliphatic heterocycles. The molecule has 0 radical (unpaired) electrons. The SMILES string of the molecule is O=C(NCCOCCOCCCCCCCl)OCC#Cc1cn([C@H]2CC(O)C(CO)O2)c(=O)[nH]c1=O. The van der Waals surface area contributed by atoms with Crippen molar-refractivity contribution in [1.29, 1.82) is 0 Å². The molecule has 13 heteroatoms. The number of aromatic amines is 1. The van der Waals surface area contributed by atoms with Gasteiger partial charge in [-0.2, -0.15) is 0 Å². The molecule has 1 fully saturated rings. The zero-order valence-electron chi connectivity index (χ0n) is 20.1. The van der Waals surface area contributed by atoms with Crippen molar-refractivity contribution in [2.24, 2.45) is 0 Å². The lowest BCUT2D eigenvalue weighted by molar-refractivity contribution is -0.0459. The number of hydrogen-bond donors (Lipinski definition) is 4. The Labute approximate surface area is 213 Å². The number of aliphatic hydroxyl groups excluding tert-OH is 2. The van der Waals surface area contributed by atoms with Crippen LogP contribution in [0.25, 0.3) is 0 Å². The van der Waals surface area contributed by atoms with Crippen molar-refractivity contribution < 1.29 is 34.0 Å².